The van der Waals surface area contributed by atoms with Gasteiger partial charge >= 0.3 is 12.2 Å². The Hall–Kier alpha value is -3.34. The molecule has 2 aliphatic rings. The van der Waals surface area contributed by atoms with E-state index < -0.39 is 41.9 Å². The van der Waals surface area contributed by atoms with E-state index in [1.165, 1.54) is 4.90 Å². The van der Waals surface area contributed by atoms with Gasteiger partial charge in [0.1, 0.15) is 11.6 Å². The van der Waals surface area contributed by atoms with E-state index in [9.17, 15) is 24.3 Å². The number of nitrogens with one attached hydrogen (secondary N) is 2. The molecule has 1 aromatic carbocycles. The van der Waals surface area contributed by atoms with Gasteiger partial charge in [0.15, 0.2) is 0 Å². The van der Waals surface area contributed by atoms with Crippen LogP contribution in [0, 0.1) is 11.8 Å². The molecule has 0 aromatic heterocycles. The quantitative estimate of drug-likeness (QED) is 0.277. The summed E-state index contributed by atoms with van der Waals surface area (Å²) in [6.07, 6.45) is 0.858. The van der Waals surface area contributed by atoms with Crippen molar-refractivity contribution in [3.05, 3.63) is 35.4 Å². The third-order valence-corrected chi connectivity index (χ3v) is 7.11. The number of alkyl carbamates (subject to hydrolysis) is 1. The first kappa shape index (κ1) is 30.2. The van der Waals surface area contributed by atoms with Crippen molar-refractivity contribution in [2.45, 2.75) is 90.2 Å². The molecule has 4 amide bonds. The maximum Gasteiger partial charge on any atom is 0.407 e. The lowest BCUT2D eigenvalue weighted by Crippen LogP contribution is -2.53. The normalized spacial score (nSPS) is 21.4. The molecule has 0 radical (unpaired) electrons. The highest BCUT2D eigenvalue weighted by atomic mass is 16.6. The van der Waals surface area contributed by atoms with Gasteiger partial charge in [-0.25, -0.2) is 9.59 Å². The number of carboxylic acid groups (broad SMARTS) is 1. The number of carbonyl (C=O) groups is 4. The maximum atomic E-state index is 13.1. The Balaban J connectivity index is 1.47. The van der Waals surface area contributed by atoms with E-state index in [4.69, 9.17) is 15.2 Å². The number of nitrogens with two attached hydrogens (primary N) is 1. The molecule has 5 N–H and O–H groups in total. The first-order valence-corrected chi connectivity index (χ1v) is 13.6. The van der Waals surface area contributed by atoms with Gasteiger partial charge in [0, 0.05) is 19.5 Å². The Morgan fingerprint density at radius 2 is 1.82 bits per heavy atom. The molecular formula is C28H42N4O7. The zero-order valence-electron chi connectivity index (χ0n) is 23.3. The Bertz CT molecular complexity index is 1020. The summed E-state index contributed by atoms with van der Waals surface area (Å²) >= 11 is 0. The van der Waals surface area contributed by atoms with Gasteiger partial charge in [-0.15, -0.1) is 0 Å². The van der Waals surface area contributed by atoms with Crippen LogP contribution in [0.3, 0.4) is 0 Å². The molecule has 1 heterocycles. The van der Waals surface area contributed by atoms with Crippen molar-refractivity contribution >= 4 is 24.0 Å². The number of hydrogen-bond donors (Lipinski definition) is 4. The van der Waals surface area contributed by atoms with Crippen LogP contribution in [0.25, 0.3) is 0 Å². The minimum atomic E-state index is -1.09. The topological polar surface area (TPSA) is 160 Å². The second-order valence-electron chi connectivity index (χ2n) is 11.5. The highest BCUT2D eigenvalue weighted by Gasteiger charge is 2.57. The smallest absolute Gasteiger partial charge is 0.407 e. The molecular weight excluding hydrogens is 504 g/mol. The van der Waals surface area contributed by atoms with E-state index in [-0.39, 0.29) is 24.2 Å². The Kier molecular flexibility index (Phi) is 10.2. The summed E-state index contributed by atoms with van der Waals surface area (Å²) in [6, 6.07) is 6.76. The number of rotatable bonds is 13. The number of nitrogens with zero attached hydrogens (tertiary/aromatic N) is 1. The zero-order valence-corrected chi connectivity index (χ0v) is 23.3. The molecule has 11 nitrogen and oxygen atoms in total. The molecule has 39 heavy (non-hydrogen) atoms. The van der Waals surface area contributed by atoms with Crippen LogP contribution in [0.5, 0.6) is 0 Å². The minimum absolute atomic E-state index is 0.0562. The van der Waals surface area contributed by atoms with Gasteiger partial charge in [-0.2, -0.15) is 0 Å². The number of hydrogen-bond acceptors (Lipinski definition) is 6. The highest BCUT2D eigenvalue weighted by Crippen LogP contribution is 2.49. The molecule has 5 atom stereocenters. The Labute approximate surface area is 229 Å². The lowest BCUT2D eigenvalue weighted by atomic mass is 10.0. The van der Waals surface area contributed by atoms with E-state index in [2.05, 4.69) is 10.6 Å². The molecule has 3 rings (SSSR count). The monoisotopic (exact) mass is 546 g/mol. The van der Waals surface area contributed by atoms with Crippen molar-refractivity contribution in [2.24, 2.45) is 17.6 Å². The average molecular weight is 547 g/mol. The standard InChI is InChI=1S/C28H42N4O7/c1-17(22(11-12-23(29)33)31-25(34)24-21-14-20(21)15-32(24)27(36)37)38-16-19-9-7-18(8-10-19)6-5-13-30-26(35)39-28(2,3)4/h7-10,17,20-22,24H,5-6,11-16H2,1-4H3,(H2,29,33)(H,30,35)(H,31,34)(H,36,37)/t17-,20-,21-,22+,24+/m1/s1. The Morgan fingerprint density at radius 3 is 2.44 bits per heavy atom. The fourth-order valence-corrected chi connectivity index (χ4v) is 4.93. The molecule has 11 heteroatoms. The average Bonchev–Trinajstić information content (AvgIpc) is 3.51. The van der Waals surface area contributed by atoms with Crippen molar-refractivity contribution in [2.75, 3.05) is 13.1 Å². The highest BCUT2D eigenvalue weighted by molar-refractivity contribution is 5.87. The van der Waals surface area contributed by atoms with Crippen molar-refractivity contribution in [3.63, 3.8) is 0 Å². The predicted molar refractivity (Wildman–Crippen MR) is 144 cm³/mol. The van der Waals surface area contributed by atoms with Crippen LogP contribution in [-0.2, 0) is 32.1 Å². The van der Waals surface area contributed by atoms with Crippen LogP contribution >= 0.6 is 0 Å². The number of benzene rings is 1. The summed E-state index contributed by atoms with van der Waals surface area (Å²) in [4.78, 5) is 49.0. The first-order chi connectivity index (χ1) is 18.3. The summed E-state index contributed by atoms with van der Waals surface area (Å²) in [7, 11) is 0. The largest absolute Gasteiger partial charge is 0.465 e. The molecule has 2 fully saturated rings. The molecule has 0 spiro atoms. The van der Waals surface area contributed by atoms with Crippen LogP contribution in [-0.4, -0.2) is 70.9 Å². The number of fused-ring (bicyclic) bond motifs is 1. The number of carbonyl (C=O) groups excluding carboxylic acids is 3. The van der Waals surface area contributed by atoms with Gasteiger partial charge < -0.3 is 30.9 Å². The van der Waals surface area contributed by atoms with E-state index >= 15 is 0 Å². The number of primary amides is 1. The summed E-state index contributed by atoms with van der Waals surface area (Å²) in [5, 5.41) is 15.2. The van der Waals surface area contributed by atoms with Crippen LogP contribution in [0.4, 0.5) is 9.59 Å². The Morgan fingerprint density at radius 1 is 1.15 bits per heavy atom. The van der Waals surface area contributed by atoms with Crippen LogP contribution in [0.15, 0.2) is 24.3 Å². The molecule has 1 aliphatic carbocycles. The van der Waals surface area contributed by atoms with E-state index in [1.807, 2.05) is 52.0 Å². The van der Waals surface area contributed by atoms with Crippen LogP contribution < -0.4 is 16.4 Å². The fraction of sp³-hybridized carbons (Fsp3) is 0.643. The number of amides is 4. The summed E-state index contributed by atoms with van der Waals surface area (Å²) < 4.78 is 11.3. The van der Waals surface area contributed by atoms with E-state index in [1.54, 1.807) is 0 Å². The van der Waals surface area contributed by atoms with Crippen LogP contribution in [0.2, 0.25) is 0 Å². The lowest BCUT2D eigenvalue weighted by Gasteiger charge is -2.29. The number of likely N-dealkylation sites (tertiary alicyclic amines) is 1. The van der Waals surface area contributed by atoms with Crippen molar-refractivity contribution in [1.82, 2.24) is 15.5 Å². The van der Waals surface area contributed by atoms with E-state index in [0.717, 1.165) is 30.4 Å². The minimum Gasteiger partial charge on any atom is -0.465 e. The molecule has 0 bridgehead atoms. The second-order valence-corrected chi connectivity index (χ2v) is 11.5. The van der Waals surface area contributed by atoms with Gasteiger partial charge in [0.25, 0.3) is 0 Å². The molecule has 216 valence electrons. The first-order valence-electron chi connectivity index (χ1n) is 13.6. The second kappa shape index (κ2) is 13.1. The lowest BCUT2D eigenvalue weighted by molar-refractivity contribution is -0.128. The van der Waals surface area contributed by atoms with Gasteiger partial charge in [-0.05, 0) is 76.3 Å². The van der Waals surface area contributed by atoms with Crippen molar-refractivity contribution in [3.8, 4) is 0 Å². The van der Waals surface area contributed by atoms with Crippen molar-refractivity contribution < 1.29 is 33.8 Å². The van der Waals surface area contributed by atoms with Gasteiger partial charge in [0.2, 0.25) is 11.8 Å². The summed E-state index contributed by atoms with van der Waals surface area (Å²) in [6.45, 7) is 8.49. The summed E-state index contributed by atoms with van der Waals surface area (Å²) in [5.74, 6) is -0.522. The third kappa shape index (κ3) is 9.42. The molecule has 1 aliphatic heterocycles. The fourth-order valence-electron chi connectivity index (χ4n) is 4.93. The molecule has 1 aromatic rings. The molecule has 1 saturated heterocycles. The molecule has 1 saturated carbocycles. The van der Waals surface area contributed by atoms with Gasteiger partial charge in [0.05, 0.1) is 18.8 Å². The van der Waals surface area contributed by atoms with Gasteiger partial charge in [-0.3, -0.25) is 14.5 Å². The zero-order chi connectivity index (χ0) is 28.7. The van der Waals surface area contributed by atoms with Gasteiger partial charge in [-0.1, -0.05) is 24.3 Å². The third-order valence-electron chi connectivity index (χ3n) is 7.11. The SMILES string of the molecule is C[C@@H](OCc1ccc(CCCNC(=O)OC(C)(C)C)cc1)[C@H](CCC(N)=O)NC(=O)[C@@H]1[C@@H]2C[C@@H]2CN1C(=O)O. The molecule has 0 unspecified atom stereocenters. The van der Waals surface area contributed by atoms with E-state index in [0.29, 0.717) is 26.1 Å². The predicted octanol–water partition coefficient (Wildman–Crippen LogP) is 2.80. The van der Waals surface area contributed by atoms with Crippen LogP contribution in [0.1, 0.15) is 64.5 Å². The number of ether oxygens (including phenoxy) is 2. The summed E-state index contributed by atoms with van der Waals surface area (Å²) in [5.41, 5.74) is 6.89. The maximum absolute atomic E-state index is 13.1. The number of aryl methyl sites for hydroxylation is 1. The van der Waals surface area contributed by atoms with Crippen molar-refractivity contribution in [1.29, 1.82) is 0 Å². The number of piperidine rings is 1.